The highest BCUT2D eigenvalue weighted by atomic mass is 127. The van der Waals surface area contributed by atoms with Crippen LogP contribution in [0.1, 0.15) is 22.8 Å². The zero-order chi connectivity index (χ0) is 17.7. The predicted molar refractivity (Wildman–Crippen MR) is 94.7 cm³/mol. The second-order valence-corrected chi connectivity index (χ2v) is 5.90. The topological polar surface area (TPSA) is 98.9 Å². The van der Waals surface area contributed by atoms with Gasteiger partial charge in [-0.1, -0.05) is 0 Å². The van der Waals surface area contributed by atoms with E-state index in [1.807, 2.05) is 22.6 Å². The van der Waals surface area contributed by atoms with Crippen LogP contribution in [0.15, 0.2) is 36.4 Å². The zero-order valence-corrected chi connectivity index (χ0v) is 14.8. The lowest BCUT2D eigenvalue weighted by atomic mass is 10.2. The summed E-state index contributed by atoms with van der Waals surface area (Å²) in [5, 5.41) is 19.8. The van der Waals surface area contributed by atoms with Crippen molar-refractivity contribution in [2.75, 3.05) is 6.61 Å². The fourth-order valence-corrected chi connectivity index (χ4v) is 2.72. The standard InChI is InChI=1S/C16H14INO6/c1-2-23-14-8-11(16(19)20)7-13(17)15(14)24-9-10-3-5-12(6-4-10)18(21)22/h3-8H,2,9H2,1H3,(H,19,20). The number of carbonyl (C=O) groups is 1. The van der Waals surface area contributed by atoms with E-state index >= 15 is 0 Å². The molecular weight excluding hydrogens is 429 g/mol. The molecule has 2 aromatic carbocycles. The van der Waals surface area contributed by atoms with Crippen LogP contribution in [0.3, 0.4) is 0 Å². The molecule has 0 aliphatic heterocycles. The number of non-ortho nitro benzene ring substituents is 1. The van der Waals surface area contributed by atoms with E-state index in [1.165, 1.54) is 24.3 Å². The van der Waals surface area contributed by atoms with E-state index < -0.39 is 10.9 Å². The van der Waals surface area contributed by atoms with Crippen LogP contribution in [0.2, 0.25) is 0 Å². The van der Waals surface area contributed by atoms with Crippen molar-refractivity contribution in [1.82, 2.24) is 0 Å². The molecule has 2 rings (SSSR count). The van der Waals surface area contributed by atoms with E-state index in [0.29, 0.717) is 21.7 Å². The summed E-state index contributed by atoms with van der Waals surface area (Å²) in [6.45, 7) is 2.34. The molecule has 7 nitrogen and oxygen atoms in total. The number of halogens is 1. The van der Waals surface area contributed by atoms with Crippen molar-refractivity contribution in [3.05, 3.63) is 61.2 Å². The molecular formula is C16H14INO6. The molecule has 0 amide bonds. The van der Waals surface area contributed by atoms with Crippen LogP contribution >= 0.6 is 22.6 Å². The Kier molecular flexibility index (Phi) is 5.96. The molecule has 0 aliphatic rings. The Hall–Kier alpha value is -2.36. The quantitative estimate of drug-likeness (QED) is 0.396. The maximum atomic E-state index is 11.1. The van der Waals surface area contributed by atoms with Crippen LogP contribution in [0, 0.1) is 13.7 Å². The average molecular weight is 443 g/mol. The summed E-state index contributed by atoms with van der Waals surface area (Å²) in [5.74, 6) is -0.250. The van der Waals surface area contributed by atoms with Gasteiger partial charge in [0.15, 0.2) is 11.5 Å². The molecule has 0 atom stereocenters. The molecule has 2 aromatic rings. The van der Waals surface area contributed by atoms with Gasteiger partial charge in [0.2, 0.25) is 0 Å². The van der Waals surface area contributed by atoms with E-state index in [2.05, 4.69) is 0 Å². The molecule has 0 saturated carbocycles. The summed E-state index contributed by atoms with van der Waals surface area (Å²) in [6.07, 6.45) is 0. The van der Waals surface area contributed by atoms with Crippen LogP contribution in [0.5, 0.6) is 11.5 Å². The largest absolute Gasteiger partial charge is 0.490 e. The minimum Gasteiger partial charge on any atom is -0.490 e. The van der Waals surface area contributed by atoms with Crippen LogP contribution < -0.4 is 9.47 Å². The van der Waals surface area contributed by atoms with Gasteiger partial charge in [0, 0.05) is 12.1 Å². The number of rotatable bonds is 7. The lowest BCUT2D eigenvalue weighted by Gasteiger charge is -2.14. The van der Waals surface area contributed by atoms with E-state index in [9.17, 15) is 14.9 Å². The number of nitro groups is 1. The Bertz CT molecular complexity index is 760. The summed E-state index contributed by atoms with van der Waals surface area (Å²) >= 11 is 1.98. The first-order chi connectivity index (χ1) is 11.4. The number of nitro benzene ring substituents is 1. The molecule has 0 fully saturated rings. The summed E-state index contributed by atoms with van der Waals surface area (Å²) < 4.78 is 11.8. The number of nitrogens with zero attached hydrogens (tertiary/aromatic N) is 1. The number of carboxylic acids is 1. The highest BCUT2D eigenvalue weighted by molar-refractivity contribution is 14.1. The molecule has 8 heteroatoms. The van der Waals surface area contributed by atoms with Crippen LogP contribution in [0.4, 0.5) is 5.69 Å². The van der Waals surface area contributed by atoms with Crippen molar-refractivity contribution < 1.29 is 24.3 Å². The smallest absolute Gasteiger partial charge is 0.335 e. The number of aromatic carboxylic acids is 1. The van der Waals surface area contributed by atoms with Crippen molar-refractivity contribution >= 4 is 34.2 Å². The van der Waals surface area contributed by atoms with Crippen molar-refractivity contribution in [3.63, 3.8) is 0 Å². The molecule has 0 aliphatic carbocycles. The predicted octanol–water partition coefficient (Wildman–Crippen LogP) is 3.88. The summed E-state index contributed by atoms with van der Waals surface area (Å²) in [7, 11) is 0. The van der Waals surface area contributed by atoms with Crippen LogP contribution in [0.25, 0.3) is 0 Å². The van der Waals surface area contributed by atoms with E-state index in [-0.39, 0.29) is 17.9 Å². The lowest BCUT2D eigenvalue weighted by Crippen LogP contribution is -2.05. The van der Waals surface area contributed by atoms with Crippen LogP contribution in [-0.4, -0.2) is 22.6 Å². The first-order valence-corrected chi connectivity index (χ1v) is 8.06. The van der Waals surface area contributed by atoms with Gasteiger partial charge in [-0.25, -0.2) is 4.79 Å². The van der Waals surface area contributed by atoms with Crippen molar-refractivity contribution in [1.29, 1.82) is 0 Å². The highest BCUT2D eigenvalue weighted by Crippen LogP contribution is 2.35. The number of hydrogen-bond donors (Lipinski definition) is 1. The highest BCUT2D eigenvalue weighted by Gasteiger charge is 2.16. The minimum atomic E-state index is -1.05. The number of ether oxygens (including phenoxy) is 2. The van der Waals surface area contributed by atoms with E-state index in [1.54, 1.807) is 19.1 Å². The van der Waals surface area contributed by atoms with Gasteiger partial charge < -0.3 is 14.6 Å². The molecule has 126 valence electrons. The Labute approximate surface area is 151 Å². The Morgan fingerprint density at radius 3 is 2.46 bits per heavy atom. The van der Waals surface area contributed by atoms with Crippen molar-refractivity contribution in [2.24, 2.45) is 0 Å². The average Bonchev–Trinajstić information content (AvgIpc) is 2.54. The normalized spacial score (nSPS) is 10.2. The van der Waals surface area contributed by atoms with Gasteiger partial charge in [-0.3, -0.25) is 10.1 Å². The van der Waals surface area contributed by atoms with Gasteiger partial charge in [0.1, 0.15) is 6.61 Å². The van der Waals surface area contributed by atoms with Crippen molar-refractivity contribution in [3.8, 4) is 11.5 Å². The molecule has 0 saturated heterocycles. The third-order valence-electron chi connectivity index (χ3n) is 3.09. The fraction of sp³-hybridized carbons (Fsp3) is 0.188. The van der Waals surface area contributed by atoms with Gasteiger partial charge in [-0.15, -0.1) is 0 Å². The zero-order valence-electron chi connectivity index (χ0n) is 12.7. The Morgan fingerprint density at radius 2 is 1.92 bits per heavy atom. The second kappa shape index (κ2) is 7.95. The summed E-state index contributed by atoms with van der Waals surface area (Å²) in [5.41, 5.74) is 0.876. The number of hydrogen-bond acceptors (Lipinski definition) is 5. The number of carboxylic acid groups (broad SMARTS) is 1. The lowest BCUT2D eigenvalue weighted by molar-refractivity contribution is -0.384. The van der Waals surface area contributed by atoms with Gasteiger partial charge in [0.05, 0.1) is 20.7 Å². The fourth-order valence-electron chi connectivity index (χ4n) is 1.96. The maximum absolute atomic E-state index is 11.1. The minimum absolute atomic E-state index is 0.00847. The maximum Gasteiger partial charge on any atom is 0.335 e. The third kappa shape index (κ3) is 4.34. The van der Waals surface area contributed by atoms with Crippen molar-refractivity contribution in [2.45, 2.75) is 13.5 Å². The molecule has 24 heavy (non-hydrogen) atoms. The van der Waals surface area contributed by atoms with Gasteiger partial charge in [0.25, 0.3) is 5.69 Å². The Balaban J connectivity index is 2.21. The van der Waals surface area contributed by atoms with E-state index in [0.717, 1.165) is 5.56 Å². The van der Waals surface area contributed by atoms with Crippen LogP contribution in [-0.2, 0) is 6.61 Å². The molecule has 0 aromatic heterocycles. The van der Waals surface area contributed by atoms with Gasteiger partial charge in [-0.2, -0.15) is 0 Å². The summed E-state index contributed by atoms with van der Waals surface area (Å²) in [4.78, 5) is 21.3. The number of benzene rings is 2. The summed E-state index contributed by atoms with van der Waals surface area (Å²) in [6, 6.07) is 8.94. The first kappa shape index (κ1) is 18.0. The molecule has 0 radical (unpaired) electrons. The molecule has 0 bridgehead atoms. The molecule has 0 heterocycles. The monoisotopic (exact) mass is 443 g/mol. The molecule has 1 N–H and O–H groups in total. The van der Waals surface area contributed by atoms with E-state index in [4.69, 9.17) is 14.6 Å². The molecule has 0 unspecified atom stereocenters. The Morgan fingerprint density at radius 1 is 1.25 bits per heavy atom. The van der Waals surface area contributed by atoms with Gasteiger partial charge >= 0.3 is 5.97 Å². The second-order valence-electron chi connectivity index (χ2n) is 4.74. The SMILES string of the molecule is CCOc1cc(C(=O)O)cc(I)c1OCc1ccc([N+](=O)[O-])cc1. The van der Waals surface area contributed by atoms with Gasteiger partial charge in [-0.05, 0) is 59.3 Å². The third-order valence-corrected chi connectivity index (χ3v) is 3.89. The molecule has 0 spiro atoms. The first-order valence-electron chi connectivity index (χ1n) is 6.98.